The van der Waals surface area contributed by atoms with Crippen molar-refractivity contribution in [2.75, 3.05) is 12.4 Å². The number of carbonyl (C=O) groups excluding carboxylic acids is 2. The predicted octanol–water partition coefficient (Wildman–Crippen LogP) is 2.40. The molecule has 7 nitrogen and oxygen atoms in total. The molecule has 8 heteroatoms. The summed E-state index contributed by atoms with van der Waals surface area (Å²) in [5, 5.41) is 12.2. The lowest BCUT2D eigenvalue weighted by molar-refractivity contribution is 0.0599. The number of methoxy groups -OCH3 is 1. The van der Waals surface area contributed by atoms with Gasteiger partial charge in [0.2, 0.25) is 5.13 Å². The third kappa shape index (κ3) is 2.61. The Morgan fingerprint density at radius 1 is 1.32 bits per heavy atom. The first-order valence-electron chi connectivity index (χ1n) is 6.93. The van der Waals surface area contributed by atoms with Gasteiger partial charge < -0.3 is 9.72 Å². The van der Waals surface area contributed by atoms with E-state index in [1.165, 1.54) is 18.4 Å². The topological polar surface area (TPSA) is 97.0 Å². The minimum Gasteiger partial charge on any atom is -0.465 e. The van der Waals surface area contributed by atoms with Gasteiger partial charge in [0, 0.05) is 11.6 Å². The van der Waals surface area contributed by atoms with Gasteiger partial charge in [-0.3, -0.25) is 10.1 Å². The number of hydrogen-bond donors (Lipinski definition) is 2. The van der Waals surface area contributed by atoms with Crippen molar-refractivity contribution in [1.29, 1.82) is 0 Å². The number of amides is 1. The lowest BCUT2D eigenvalue weighted by Crippen LogP contribution is -2.14. The van der Waals surface area contributed by atoms with Gasteiger partial charge in [0.25, 0.3) is 5.91 Å². The zero-order valence-corrected chi connectivity index (χ0v) is 13.3. The molecule has 1 saturated carbocycles. The summed E-state index contributed by atoms with van der Waals surface area (Å²) in [5.74, 6) is -0.296. The third-order valence-electron chi connectivity index (χ3n) is 3.64. The van der Waals surface area contributed by atoms with Crippen LogP contribution < -0.4 is 5.32 Å². The Bertz CT molecular complexity index is 745. The van der Waals surface area contributed by atoms with Gasteiger partial charge >= 0.3 is 5.97 Å². The number of rotatable bonds is 4. The molecule has 0 saturated heterocycles. The Morgan fingerprint density at radius 3 is 2.68 bits per heavy atom. The van der Waals surface area contributed by atoms with Crippen molar-refractivity contribution in [3.05, 3.63) is 27.5 Å². The standard InChI is InChI=1S/C14H16N4O3S/c1-6-9(13(20)21-3)7(2)15-10(6)11(19)16-14-18-17-12(22-14)8-4-5-8/h8,15H,4-5H2,1-3H3,(H,16,18,19). The van der Waals surface area contributed by atoms with Crippen LogP contribution in [0.5, 0.6) is 0 Å². The molecule has 0 atom stereocenters. The van der Waals surface area contributed by atoms with E-state index in [1.807, 2.05) is 0 Å². The van der Waals surface area contributed by atoms with Crippen LogP contribution in [-0.2, 0) is 4.74 Å². The summed E-state index contributed by atoms with van der Waals surface area (Å²) in [5.41, 5.74) is 1.89. The quantitative estimate of drug-likeness (QED) is 0.843. The van der Waals surface area contributed by atoms with E-state index in [0.717, 1.165) is 17.8 Å². The Balaban J connectivity index is 1.80. The van der Waals surface area contributed by atoms with Crippen LogP contribution in [0.4, 0.5) is 5.13 Å². The minimum atomic E-state index is -0.461. The molecule has 1 aliphatic carbocycles. The van der Waals surface area contributed by atoms with Crippen molar-refractivity contribution in [1.82, 2.24) is 15.2 Å². The van der Waals surface area contributed by atoms with E-state index in [4.69, 9.17) is 4.74 Å². The van der Waals surface area contributed by atoms with Gasteiger partial charge in [0.1, 0.15) is 10.7 Å². The summed E-state index contributed by atoms with van der Waals surface area (Å²) < 4.78 is 4.73. The maximum absolute atomic E-state index is 12.4. The molecular formula is C14H16N4O3S. The average Bonchev–Trinajstić information content (AvgIpc) is 3.17. The minimum absolute atomic E-state index is 0.334. The molecule has 116 valence electrons. The second kappa shape index (κ2) is 5.53. The number of anilines is 1. The molecule has 2 heterocycles. The zero-order valence-electron chi connectivity index (χ0n) is 12.5. The number of aromatic nitrogens is 3. The van der Waals surface area contributed by atoms with Gasteiger partial charge in [0.05, 0.1) is 12.7 Å². The molecule has 2 N–H and O–H groups in total. The second-order valence-corrected chi connectivity index (χ2v) is 6.30. The molecule has 0 aromatic carbocycles. The fourth-order valence-corrected chi connectivity index (χ4v) is 3.23. The number of ether oxygens (including phenoxy) is 1. The number of aromatic amines is 1. The number of nitrogens with one attached hydrogen (secondary N) is 2. The SMILES string of the molecule is COC(=O)c1c(C)[nH]c(C(=O)Nc2nnc(C3CC3)s2)c1C. The van der Waals surface area contributed by atoms with Crippen molar-refractivity contribution in [3.8, 4) is 0 Å². The highest BCUT2D eigenvalue weighted by Crippen LogP contribution is 2.42. The molecule has 2 aromatic rings. The Morgan fingerprint density at radius 2 is 2.05 bits per heavy atom. The summed E-state index contributed by atoms with van der Waals surface area (Å²) in [7, 11) is 1.31. The van der Waals surface area contributed by atoms with Gasteiger partial charge in [-0.1, -0.05) is 11.3 Å². The Labute approximate surface area is 131 Å². The molecule has 1 aliphatic rings. The number of esters is 1. The normalized spacial score (nSPS) is 14.0. The van der Waals surface area contributed by atoms with Crippen LogP contribution in [0.25, 0.3) is 0 Å². The third-order valence-corrected chi connectivity index (χ3v) is 4.64. The summed E-state index contributed by atoms with van der Waals surface area (Å²) in [4.78, 5) is 27.0. The van der Waals surface area contributed by atoms with Gasteiger partial charge in [-0.15, -0.1) is 10.2 Å². The Kier molecular flexibility index (Phi) is 3.69. The summed E-state index contributed by atoms with van der Waals surface area (Å²) in [6.07, 6.45) is 2.28. The maximum atomic E-state index is 12.4. The van der Waals surface area contributed by atoms with Crippen molar-refractivity contribution in [3.63, 3.8) is 0 Å². The second-order valence-electron chi connectivity index (χ2n) is 5.29. The van der Waals surface area contributed by atoms with Crippen molar-refractivity contribution < 1.29 is 14.3 Å². The monoisotopic (exact) mass is 320 g/mol. The molecular weight excluding hydrogens is 304 g/mol. The van der Waals surface area contributed by atoms with E-state index in [9.17, 15) is 9.59 Å². The molecule has 2 aromatic heterocycles. The highest BCUT2D eigenvalue weighted by atomic mass is 32.1. The van der Waals surface area contributed by atoms with Crippen LogP contribution in [0.1, 0.15) is 55.9 Å². The van der Waals surface area contributed by atoms with Gasteiger partial charge in [-0.05, 0) is 32.3 Å². The molecule has 0 radical (unpaired) electrons. The highest BCUT2D eigenvalue weighted by Gasteiger charge is 2.28. The van der Waals surface area contributed by atoms with E-state index >= 15 is 0 Å². The average molecular weight is 320 g/mol. The molecule has 3 rings (SSSR count). The number of carbonyl (C=O) groups is 2. The van der Waals surface area contributed by atoms with Gasteiger partial charge in [-0.25, -0.2) is 4.79 Å². The largest absolute Gasteiger partial charge is 0.465 e. The van der Waals surface area contributed by atoms with E-state index in [1.54, 1.807) is 13.8 Å². The number of aryl methyl sites for hydroxylation is 1. The maximum Gasteiger partial charge on any atom is 0.339 e. The smallest absolute Gasteiger partial charge is 0.339 e. The molecule has 0 bridgehead atoms. The molecule has 1 fully saturated rings. The predicted molar refractivity (Wildman–Crippen MR) is 81.4 cm³/mol. The first kappa shape index (κ1) is 14.7. The van der Waals surface area contributed by atoms with Crippen LogP contribution in [-0.4, -0.2) is 34.2 Å². The van der Waals surface area contributed by atoms with Crippen LogP contribution in [0, 0.1) is 13.8 Å². The van der Waals surface area contributed by atoms with Crippen molar-refractivity contribution in [2.45, 2.75) is 32.6 Å². The van der Waals surface area contributed by atoms with E-state index in [-0.39, 0.29) is 5.91 Å². The van der Waals surface area contributed by atoms with E-state index in [2.05, 4.69) is 20.5 Å². The number of hydrogen-bond acceptors (Lipinski definition) is 6. The van der Waals surface area contributed by atoms with Crippen molar-refractivity contribution >= 4 is 28.3 Å². The van der Waals surface area contributed by atoms with Gasteiger partial charge in [0.15, 0.2) is 0 Å². The summed E-state index contributed by atoms with van der Waals surface area (Å²) >= 11 is 1.39. The van der Waals surface area contributed by atoms with Crippen LogP contribution in [0.15, 0.2) is 0 Å². The van der Waals surface area contributed by atoms with E-state index < -0.39 is 5.97 Å². The summed E-state index contributed by atoms with van der Waals surface area (Å²) in [6.45, 7) is 3.44. The highest BCUT2D eigenvalue weighted by molar-refractivity contribution is 7.15. The fourth-order valence-electron chi connectivity index (χ4n) is 2.33. The lowest BCUT2D eigenvalue weighted by atomic mass is 10.1. The zero-order chi connectivity index (χ0) is 15.9. The summed E-state index contributed by atoms with van der Waals surface area (Å²) in [6, 6.07) is 0. The van der Waals surface area contributed by atoms with Crippen LogP contribution in [0.3, 0.4) is 0 Å². The molecule has 0 unspecified atom stereocenters. The van der Waals surface area contributed by atoms with Crippen molar-refractivity contribution in [2.24, 2.45) is 0 Å². The molecule has 0 aliphatic heterocycles. The number of H-pyrrole nitrogens is 1. The van der Waals surface area contributed by atoms with E-state index in [0.29, 0.717) is 33.6 Å². The van der Waals surface area contributed by atoms with Gasteiger partial charge in [-0.2, -0.15) is 0 Å². The first-order chi connectivity index (χ1) is 10.5. The Hall–Kier alpha value is -2.22. The fraction of sp³-hybridized carbons (Fsp3) is 0.429. The molecule has 22 heavy (non-hydrogen) atoms. The lowest BCUT2D eigenvalue weighted by Gasteiger charge is -2.01. The first-order valence-corrected chi connectivity index (χ1v) is 7.75. The number of nitrogens with zero attached hydrogens (tertiary/aromatic N) is 2. The molecule has 1 amide bonds. The van der Waals surface area contributed by atoms with Crippen LogP contribution in [0.2, 0.25) is 0 Å². The molecule has 0 spiro atoms. The van der Waals surface area contributed by atoms with Crippen LogP contribution >= 0.6 is 11.3 Å².